The Morgan fingerprint density at radius 1 is 1.53 bits per heavy atom. The SMILES string of the molecule is CCNc1cc(N(C)CC2CCCN2)ncn1. The van der Waals surface area contributed by atoms with E-state index < -0.39 is 0 Å². The summed E-state index contributed by atoms with van der Waals surface area (Å²) in [7, 11) is 2.08. The van der Waals surface area contributed by atoms with Crippen LogP contribution < -0.4 is 15.5 Å². The molecule has 94 valence electrons. The van der Waals surface area contributed by atoms with E-state index in [4.69, 9.17) is 0 Å². The molecule has 0 bridgehead atoms. The van der Waals surface area contributed by atoms with E-state index in [1.165, 1.54) is 12.8 Å². The lowest BCUT2D eigenvalue weighted by Crippen LogP contribution is -2.35. The van der Waals surface area contributed by atoms with Gasteiger partial charge in [0.05, 0.1) is 0 Å². The van der Waals surface area contributed by atoms with Crippen molar-refractivity contribution in [2.45, 2.75) is 25.8 Å². The first-order chi connectivity index (χ1) is 8.29. The summed E-state index contributed by atoms with van der Waals surface area (Å²) in [6, 6.07) is 2.59. The molecule has 1 aromatic rings. The van der Waals surface area contributed by atoms with Gasteiger partial charge in [-0.05, 0) is 26.3 Å². The third-order valence-corrected chi connectivity index (χ3v) is 3.06. The van der Waals surface area contributed by atoms with Gasteiger partial charge in [-0.1, -0.05) is 0 Å². The van der Waals surface area contributed by atoms with Crippen LogP contribution in [0.4, 0.5) is 11.6 Å². The molecule has 0 spiro atoms. The van der Waals surface area contributed by atoms with E-state index in [-0.39, 0.29) is 0 Å². The van der Waals surface area contributed by atoms with Crippen LogP contribution in [0.1, 0.15) is 19.8 Å². The van der Waals surface area contributed by atoms with Gasteiger partial charge in [0.2, 0.25) is 0 Å². The zero-order valence-electron chi connectivity index (χ0n) is 10.6. The maximum absolute atomic E-state index is 4.31. The molecule has 1 saturated heterocycles. The van der Waals surface area contributed by atoms with Crippen molar-refractivity contribution in [3.8, 4) is 0 Å². The molecule has 2 heterocycles. The minimum Gasteiger partial charge on any atom is -0.370 e. The monoisotopic (exact) mass is 235 g/mol. The standard InChI is InChI=1S/C12H21N5/c1-3-13-11-7-12(16-9-15-11)17(2)8-10-5-4-6-14-10/h7,9-10,14H,3-6,8H2,1-2H3,(H,13,15,16). The van der Waals surface area contributed by atoms with E-state index >= 15 is 0 Å². The fraction of sp³-hybridized carbons (Fsp3) is 0.667. The first-order valence-corrected chi connectivity index (χ1v) is 6.30. The predicted molar refractivity (Wildman–Crippen MR) is 70.5 cm³/mol. The molecule has 1 unspecified atom stereocenters. The van der Waals surface area contributed by atoms with Gasteiger partial charge in [0.25, 0.3) is 0 Å². The third-order valence-electron chi connectivity index (χ3n) is 3.06. The van der Waals surface area contributed by atoms with Gasteiger partial charge in [-0.2, -0.15) is 0 Å². The molecule has 2 rings (SSSR count). The smallest absolute Gasteiger partial charge is 0.133 e. The zero-order valence-corrected chi connectivity index (χ0v) is 10.6. The van der Waals surface area contributed by atoms with E-state index in [0.717, 1.165) is 31.3 Å². The molecule has 0 saturated carbocycles. The fourth-order valence-corrected chi connectivity index (χ4v) is 2.17. The summed E-state index contributed by atoms with van der Waals surface area (Å²) >= 11 is 0. The first kappa shape index (κ1) is 12.1. The Morgan fingerprint density at radius 3 is 3.12 bits per heavy atom. The minimum absolute atomic E-state index is 0.595. The summed E-state index contributed by atoms with van der Waals surface area (Å²) in [6.45, 7) is 5.09. The molecule has 0 radical (unpaired) electrons. The number of hydrogen-bond acceptors (Lipinski definition) is 5. The maximum atomic E-state index is 4.31. The normalized spacial score (nSPS) is 19.3. The summed E-state index contributed by atoms with van der Waals surface area (Å²) < 4.78 is 0. The van der Waals surface area contributed by atoms with Gasteiger partial charge < -0.3 is 15.5 Å². The lowest BCUT2D eigenvalue weighted by atomic mass is 10.2. The van der Waals surface area contributed by atoms with E-state index in [9.17, 15) is 0 Å². The summed E-state index contributed by atoms with van der Waals surface area (Å²) in [6.07, 6.45) is 4.16. The highest BCUT2D eigenvalue weighted by Gasteiger charge is 2.16. The Bertz CT molecular complexity index is 349. The van der Waals surface area contributed by atoms with Crippen LogP contribution in [0, 0.1) is 0 Å². The molecule has 5 heteroatoms. The van der Waals surface area contributed by atoms with Crippen LogP contribution in [-0.2, 0) is 0 Å². The van der Waals surface area contributed by atoms with Crippen molar-refractivity contribution >= 4 is 11.6 Å². The molecule has 0 aliphatic carbocycles. The van der Waals surface area contributed by atoms with Gasteiger partial charge in [0.15, 0.2) is 0 Å². The third kappa shape index (κ3) is 3.30. The zero-order chi connectivity index (χ0) is 12.1. The van der Waals surface area contributed by atoms with Crippen LogP contribution in [0.5, 0.6) is 0 Å². The Balaban J connectivity index is 1.97. The van der Waals surface area contributed by atoms with E-state index in [2.05, 4.69) is 39.5 Å². The summed E-state index contributed by atoms with van der Waals surface area (Å²) in [5.41, 5.74) is 0. The highest BCUT2D eigenvalue weighted by molar-refractivity contribution is 5.47. The molecule has 0 amide bonds. The van der Waals surface area contributed by atoms with E-state index in [1.54, 1.807) is 6.33 Å². The van der Waals surface area contributed by atoms with Crippen LogP contribution in [0.2, 0.25) is 0 Å². The van der Waals surface area contributed by atoms with Crippen molar-refractivity contribution in [3.05, 3.63) is 12.4 Å². The molecule has 5 nitrogen and oxygen atoms in total. The van der Waals surface area contributed by atoms with Gasteiger partial charge in [-0.3, -0.25) is 0 Å². The lowest BCUT2D eigenvalue weighted by Gasteiger charge is -2.22. The van der Waals surface area contributed by atoms with Gasteiger partial charge in [0, 0.05) is 32.2 Å². The quantitative estimate of drug-likeness (QED) is 0.800. The molecule has 17 heavy (non-hydrogen) atoms. The molecular formula is C12H21N5. The molecule has 1 aliphatic rings. The van der Waals surface area contributed by atoms with Crippen molar-refractivity contribution < 1.29 is 0 Å². The van der Waals surface area contributed by atoms with Crippen LogP contribution in [0.15, 0.2) is 12.4 Å². The summed E-state index contributed by atoms with van der Waals surface area (Å²) in [5, 5.41) is 6.70. The molecule has 1 atom stereocenters. The molecule has 1 aromatic heterocycles. The fourth-order valence-electron chi connectivity index (χ4n) is 2.17. The second-order valence-corrected chi connectivity index (χ2v) is 4.47. The van der Waals surface area contributed by atoms with Gasteiger partial charge in [-0.15, -0.1) is 0 Å². The number of nitrogens with zero attached hydrogens (tertiary/aromatic N) is 3. The Hall–Kier alpha value is -1.36. The molecule has 1 aliphatic heterocycles. The lowest BCUT2D eigenvalue weighted by molar-refractivity contribution is 0.597. The van der Waals surface area contributed by atoms with Crippen molar-refractivity contribution in [3.63, 3.8) is 0 Å². The number of aromatic nitrogens is 2. The van der Waals surface area contributed by atoms with E-state index in [1.807, 2.05) is 6.07 Å². The number of likely N-dealkylation sites (N-methyl/N-ethyl adjacent to an activating group) is 1. The maximum Gasteiger partial charge on any atom is 0.133 e. The highest BCUT2D eigenvalue weighted by atomic mass is 15.2. The largest absolute Gasteiger partial charge is 0.370 e. The van der Waals surface area contributed by atoms with Gasteiger partial charge in [0.1, 0.15) is 18.0 Å². The van der Waals surface area contributed by atoms with Crippen LogP contribution >= 0.6 is 0 Å². The van der Waals surface area contributed by atoms with Crippen LogP contribution in [0.3, 0.4) is 0 Å². The van der Waals surface area contributed by atoms with Crippen LogP contribution in [0.25, 0.3) is 0 Å². The average molecular weight is 235 g/mol. The van der Waals surface area contributed by atoms with Crippen molar-refractivity contribution in [2.75, 3.05) is 36.9 Å². The van der Waals surface area contributed by atoms with Gasteiger partial charge >= 0.3 is 0 Å². The van der Waals surface area contributed by atoms with Gasteiger partial charge in [-0.25, -0.2) is 9.97 Å². The molecule has 1 fully saturated rings. The average Bonchev–Trinajstić information content (AvgIpc) is 2.83. The number of anilines is 2. The Kier molecular flexibility index (Phi) is 4.14. The topological polar surface area (TPSA) is 53.1 Å². The number of hydrogen-bond donors (Lipinski definition) is 2. The van der Waals surface area contributed by atoms with E-state index in [0.29, 0.717) is 6.04 Å². The number of rotatable bonds is 5. The Morgan fingerprint density at radius 2 is 2.41 bits per heavy atom. The van der Waals surface area contributed by atoms with Crippen molar-refractivity contribution in [1.29, 1.82) is 0 Å². The van der Waals surface area contributed by atoms with Crippen molar-refractivity contribution in [2.24, 2.45) is 0 Å². The van der Waals surface area contributed by atoms with Crippen LogP contribution in [-0.4, -0.2) is 42.7 Å². The minimum atomic E-state index is 0.595. The number of nitrogens with one attached hydrogen (secondary N) is 2. The highest BCUT2D eigenvalue weighted by Crippen LogP contribution is 2.14. The predicted octanol–water partition coefficient (Wildman–Crippen LogP) is 1.10. The molecule has 0 aromatic carbocycles. The second-order valence-electron chi connectivity index (χ2n) is 4.47. The van der Waals surface area contributed by atoms with Crippen molar-refractivity contribution in [1.82, 2.24) is 15.3 Å². The second kappa shape index (κ2) is 5.82. The molecule has 2 N–H and O–H groups in total. The first-order valence-electron chi connectivity index (χ1n) is 6.30. The summed E-state index contributed by atoms with van der Waals surface area (Å²) in [4.78, 5) is 10.7. The molecular weight excluding hydrogens is 214 g/mol. The Labute approximate surface area is 103 Å². The summed E-state index contributed by atoms with van der Waals surface area (Å²) in [5.74, 6) is 1.87.